The lowest BCUT2D eigenvalue weighted by Crippen LogP contribution is -2.34. The summed E-state index contributed by atoms with van der Waals surface area (Å²) in [5.74, 6) is 1.14. The highest BCUT2D eigenvalue weighted by atomic mass is 32.1. The molecule has 1 aliphatic rings. The summed E-state index contributed by atoms with van der Waals surface area (Å²) in [6.07, 6.45) is 6.00. The molecule has 3 aromatic heterocycles. The normalized spacial score (nSPS) is 17.2. The molecule has 166 valence electrons. The molecule has 6 nitrogen and oxygen atoms in total. The summed E-state index contributed by atoms with van der Waals surface area (Å²) in [6.45, 7) is 6.97. The molecule has 0 saturated carbocycles. The van der Waals surface area contributed by atoms with Gasteiger partial charge in [-0.2, -0.15) is 5.10 Å². The number of nitrogens with zero attached hydrogens (tertiary/aromatic N) is 6. The number of para-hydroxylation sites is 1. The molecule has 0 aliphatic carbocycles. The van der Waals surface area contributed by atoms with Gasteiger partial charge >= 0.3 is 0 Å². The fourth-order valence-corrected chi connectivity index (χ4v) is 5.62. The van der Waals surface area contributed by atoms with E-state index in [1.165, 1.54) is 15.8 Å². The first-order valence-electron chi connectivity index (χ1n) is 11.0. The van der Waals surface area contributed by atoms with E-state index in [1.807, 2.05) is 23.9 Å². The van der Waals surface area contributed by atoms with Gasteiger partial charge in [-0.15, -0.1) is 21.5 Å². The molecule has 4 aromatic rings. The van der Waals surface area contributed by atoms with Gasteiger partial charge in [0.15, 0.2) is 0 Å². The van der Waals surface area contributed by atoms with E-state index in [0.717, 1.165) is 55.1 Å². The van der Waals surface area contributed by atoms with Gasteiger partial charge in [0.2, 0.25) is 0 Å². The van der Waals surface area contributed by atoms with Crippen LogP contribution >= 0.6 is 11.3 Å². The summed E-state index contributed by atoms with van der Waals surface area (Å²) in [5, 5.41) is 13.3. The van der Waals surface area contributed by atoms with Crippen LogP contribution in [0.5, 0.6) is 0 Å². The molecule has 1 saturated heterocycles. The molecule has 32 heavy (non-hydrogen) atoms. The molecule has 0 bridgehead atoms. The molecule has 0 spiro atoms. The molecular weight excluding hydrogens is 423 g/mol. The number of likely N-dealkylation sites (tertiary alicyclic amines) is 1. The Morgan fingerprint density at radius 3 is 2.78 bits per heavy atom. The van der Waals surface area contributed by atoms with Crippen LogP contribution in [0.4, 0.5) is 4.39 Å². The van der Waals surface area contributed by atoms with Crippen molar-refractivity contribution in [2.75, 3.05) is 13.1 Å². The summed E-state index contributed by atoms with van der Waals surface area (Å²) in [5.41, 5.74) is 3.67. The van der Waals surface area contributed by atoms with Crippen molar-refractivity contribution < 1.29 is 4.39 Å². The van der Waals surface area contributed by atoms with Crippen LogP contribution < -0.4 is 0 Å². The number of aryl methyl sites for hydroxylation is 3. The maximum Gasteiger partial charge on any atom is 0.148 e. The third-order valence-corrected chi connectivity index (χ3v) is 7.16. The van der Waals surface area contributed by atoms with E-state index in [9.17, 15) is 4.39 Å². The van der Waals surface area contributed by atoms with Crippen molar-refractivity contribution in [1.82, 2.24) is 29.4 Å². The van der Waals surface area contributed by atoms with E-state index in [4.69, 9.17) is 5.10 Å². The third-order valence-electron chi connectivity index (χ3n) is 6.20. The molecule has 1 fully saturated rings. The quantitative estimate of drug-likeness (QED) is 0.436. The SMILES string of the molecule is Cc1cc(-c2nn(-c3ccccc3F)cc2CN2CCCC(c3nncn3C)C2)c(C)s1. The van der Waals surface area contributed by atoms with Gasteiger partial charge in [0, 0.05) is 53.1 Å². The predicted molar refractivity (Wildman–Crippen MR) is 125 cm³/mol. The van der Waals surface area contributed by atoms with E-state index in [2.05, 4.69) is 35.0 Å². The Morgan fingerprint density at radius 2 is 2.06 bits per heavy atom. The van der Waals surface area contributed by atoms with E-state index in [1.54, 1.807) is 34.5 Å². The van der Waals surface area contributed by atoms with E-state index < -0.39 is 0 Å². The summed E-state index contributed by atoms with van der Waals surface area (Å²) >= 11 is 1.77. The Morgan fingerprint density at radius 1 is 1.22 bits per heavy atom. The molecule has 0 radical (unpaired) electrons. The van der Waals surface area contributed by atoms with Crippen molar-refractivity contribution >= 4 is 11.3 Å². The fraction of sp³-hybridized carbons (Fsp3) is 0.375. The van der Waals surface area contributed by atoms with E-state index in [0.29, 0.717) is 11.6 Å². The standard InChI is InChI=1S/C24H27FN6S/c1-16-11-20(17(2)32-16)23-19(14-31(28-23)22-9-5-4-8-21(22)25)13-30-10-6-7-18(12-30)24-27-26-15-29(24)3/h4-5,8-9,11,14-15,18H,6-7,10,12-13H2,1-3H3. The van der Waals surface area contributed by atoms with Crippen LogP contribution in [0.1, 0.15) is 39.9 Å². The Kier molecular flexibility index (Phi) is 5.65. The average Bonchev–Trinajstić information content (AvgIpc) is 3.47. The van der Waals surface area contributed by atoms with Crippen LogP contribution in [-0.4, -0.2) is 42.5 Å². The lowest BCUT2D eigenvalue weighted by molar-refractivity contribution is 0.195. The molecule has 1 aliphatic heterocycles. The highest BCUT2D eigenvalue weighted by Crippen LogP contribution is 2.34. The predicted octanol–water partition coefficient (Wildman–Crippen LogP) is 4.86. The third kappa shape index (κ3) is 4.00. The van der Waals surface area contributed by atoms with Crippen LogP contribution in [0.2, 0.25) is 0 Å². The van der Waals surface area contributed by atoms with Gasteiger partial charge in [0.25, 0.3) is 0 Å². The molecule has 8 heteroatoms. The Bertz CT molecular complexity index is 1240. The zero-order valence-electron chi connectivity index (χ0n) is 18.6. The molecule has 0 N–H and O–H groups in total. The second-order valence-electron chi connectivity index (χ2n) is 8.60. The molecule has 1 unspecified atom stereocenters. The molecule has 1 atom stereocenters. The number of hydrogen-bond acceptors (Lipinski definition) is 5. The number of piperidine rings is 1. The van der Waals surface area contributed by atoms with E-state index >= 15 is 0 Å². The van der Waals surface area contributed by atoms with Gasteiger partial charge in [0.05, 0.1) is 5.69 Å². The number of thiophene rings is 1. The Balaban J connectivity index is 1.49. The Hall–Kier alpha value is -2.84. The molecular formula is C24H27FN6S. The van der Waals surface area contributed by atoms with Crippen LogP contribution in [0.25, 0.3) is 16.9 Å². The van der Waals surface area contributed by atoms with Crippen LogP contribution in [0.15, 0.2) is 42.9 Å². The second-order valence-corrected chi connectivity index (χ2v) is 10.1. The fourth-order valence-electron chi connectivity index (χ4n) is 4.69. The first kappa shape index (κ1) is 21.0. The van der Waals surface area contributed by atoms with Crippen molar-refractivity contribution in [3.05, 3.63) is 69.8 Å². The summed E-state index contributed by atoms with van der Waals surface area (Å²) in [4.78, 5) is 4.95. The van der Waals surface area contributed by atoms with E-state index in [-0.39, 0.29) is 5.82 Å². The van der Waals surface area contributed by atoms with Crippen molar-refractivity contribution in [2.45, 2.75) is 39.2 Å². The largest absolute Gasteiger partial charge is 0.320 e. The van der Waals surface area contributed by atoms with Gasteiger partial charge in [-0.1, -0.05) is 12.1 Å². The van der Waals surface area contributed by atoms with Crippen molar-refractivity contribution in [3.8, 4) is 16.9 Å². The lowest BCUT2D eigenvalue weighted by atomic mass is 9.96. The monoisotopic (exact) mass is 450 g/mol. The zero-order chi connectivity index (χ0) is 22.2. The van der Waals surface area contributed by atoms with Crippen LogP contribution in [-0.2, 0) is 13.6 Å². The minimum atomic E-state index is -0.272. The lowest BCUT2D eigenvalue weighted by Gasteiger charge is -2.32. The smallest absolute Gasteiger partial charge is 0.148 e. The Labute approximate surface area is 191 Å². The number of halogens is 1. The topological polar surface area (TPSA) is 51.8 Å². The van der Waals surface area contributed by atoms with Gasteiger partial charge < -0.3 is 4.57 Å². The van der Waals surface area contributed by atoms with Gasteiger partial charge in [0.1, 0.15) is 23.7 Å². The maximum atomic E-state index is 14.5. The highest BCUT2D eigenvalue weighted by Gasteiger charge is 2.26. The van der Waals surface area contributed by atoms with Gasteiger partial charge in [-0.3, -0.25) is 4.90 Å². The summed E-state index contributed by atoms with van der Waals surface area (Å²) in [7, 11) is 2.01. The van der Waals surface area contributed by atoms with Gasteiger partial charge in [-0.25, -0.2) is 9.07 Å². The van der Waals surface area contributed by atoms with Crippen LogP contribution in [0.3, 0.4) is 0 Å². The summed E-state index contributed by atoms with van der Waals surface area (Å²) < 4.78 is 18.2. The van der Waals surface area contributed by atoms with Crippen molar-refractivity contribution in [3.63, 3.8) is 0 Å². The van der Waals surface area contributed by atoms with Gasteiger partial charge in [-0.05, 0) is 51.4 Å². The van der Waals surface area contributed by atoms with Crippen molar-refractivity contribution in [1.29, 1.82) is 0 Å². The van der Waals surface area contributed by atoms with Crippen molar-refractivity contribution in [2.24, 2.45) is 7.05 Å². The number of rotatable bonds is 5. The summed E-state index contributed by atoms with van der Waals surface area (Å²) in [6, 6.07) is 8.99. The molecule has 4 heterocycles. The number of hydrogen-bond donors (Lipinski definition) is 0. The first-order chi connectivity index (χ1) is 15.5. The number of benzene rings is 1. The minimum absolute atomic E-state index is 0.272. The molecule has 0 amide bonds. The first-order valence-corrected chi connectivity index (χ1v) is 11.8. The maximum absolute atomic E-state index is 14.5. The zero-order valence-corrected chi connectivity index (χ0v) is 19.4. The highest BCUT2D eigenvalue weighted by molar-refractivity contribution is 7.12. The molecule has 1 aromatic carbocycles. The number of aromatic nitrogens is 5. The molecule has 5 rings (SSSR count). The average molecular weight is 451 g/mol. The van der Waals surface area contributed by atoms with Crippen LogP contribution in [0, 0.1) is 19.7 Å². The second kappa shape index (κ2) is 8.60. The minimum Gasteiger partial charge on any atom is -0.320 e.